The van der Waals surface area contributed by atoms with Crippen molar-refractivity contribution in [1.29, 1.82) is 0 Å². The number of halogens is 1. The molecule has 0 aliphatic heterocycles. The molecule has 0 aliphatic carbocycles. The standard InChI is InChI=1S/C11H17FN2O/c1-8(15-2)6-14-7-9-3-4-11(13)10(12)5-9/h3-5,8,14H,6-7,13H2,1-2H3. The first kappa shape index (κ1) is 11.9. The maximum Gasteiger partial charge on any atom is 0.146 e. The summed E-state index contributed by atoms with van der Waals surface area (Å²) in [6.07, 6.45) is 0.156. The van der Waals surface area contributed by atoms with Crippen LogP contribution in [0.1, 0.15) is 12.5 Å². The molecule has 0 saturated heterocycles. The third kappa shape index (κ3) is 3.85. The molecule has 1 rings (SSSR count). The average molecular weight is 212 g/mol. The lowest BCUT2D eigenvalue weighted by Crippen LogP contribution is -2.25. The van der Waals surface area contributed by atoms with E-state index in [0.717, 1.165) is 12.1 Å². The number of methoxy groups -OCH3 is 1. The summed E-state index contributed by atoms with van der Waals surface area (Å²) >= 11 is 0. The zero-order valence-electron chi connectivity index (χ0n) is 9.09. The summed E-state index contributed by atoms with van der Waals surface area (Å²) in [7, 11) is 1.66. The summed E-state index contributed by atoms with van der Waals surface area (Å²) < 4.78 is 18.1. The average Bonchev–Trinajstić information content (AvgIpc) is 2.23. The molecule has 0 radical (unpaired) electrons. The SMILES string of the molecule is COC(C)CNCc1ccc(N)c(F)c1. The molecule has 1 aromatic rings. The quantitative estimate of drug-likeness (QED) is 0.728. The molecule has 1 atom stereocenters. The number of hydrogen-bond donors (Lipinski definition) is 2. The molecule has 15 heavy (non-hydrogen) atoms. The Morgan fingerprint density at radius 2 is 2.27 bits per heavy atom. The van der Waals surface area contributed by atoms with Crippen molar-refractivity contribution in [2.45, 2.75) is 19.6 Å². The van der Waals surface area contributed by atoms with E-state index in [4.69, 9.17) is 10.5 Å². The Balaban J connectivity index is 2.41. The molecule has 0 bridgehead atoms. The van der Waals surface area contributed by atoms with E-state index in [2.05, 4.69) is 5.32 Å². The van der Waals surface area contributed by atoms with Crippen LogP contribution in [-0.2, 0) is 11.3 Å². The van der Waals surface area contributed by atoms with Crippen LogP contribution in [0.3, 0.4) is 0 Å². The van der Waals surface area contributed by atoms with Crippen molar-refractivity contribution in [3.8, 4) is 0 Å². The number of ether oxygens (including phenoxy) is 1. The fourth-order valence-corrected chi connectivity index (χ4v) is 1.18. The van der Waals surface area contributed by atoms with Crippen LogP contribution in [0, 0.1) is 5.82 Å². The summed E-state index contributed by atoms with van der Waals surface area (Å²) in [5.41, 5.74) is 6.44. The van der Waals surface area contributed by atoms with Gasteiger partial charge in [0.2, 0.25) is 0 Å². The molecule has 4 heteroatoms. The van der Waals surface area contributed by atoms with E-state index >= 15 is 0 Å². The highest BCUT2D eigenvalue weighted by molar-refractivity contribution is 5.41. The Bertz CT molecular complexity index is 317. The van der Waals surface area contributed by atoms with Crippen molar-refractivity contribution in [3.05, 3.63) is 29.6 Å². The van der Waals surface area contributed by atoms with Crippen LogP contribution in [0.15, 0.2) is 18.2 Å². The second-order valence-electron chi connectivity index (χ2n) is 3.53. The van der Waals surface area contributed by atoms with Crippen molar-refractivity contribution < 1.29 is 9.13 Å². The van der Waals surface area contributed by atoms with Gasteiger partial charge in [-0.1, -0.05) is 6.07 Å². The van der Waals surface area contributed by atoms with Gasteiger partial charge in [-0.25, -0.2) is 4.39 Å². The number of nitrogens with two attached hydrogens (primary N) is 1. The Labute approximate surface area is 89.4 Å². The van der Waals surface area contributed by atoms with Crippen LogP contribution in [0.2, 0.25) is 0 Å². The Kier molecular flexibility index (Phi) is 4.52. The molecule has 0 aliphatic rings. The molecular weight excluding hydrogens is 195 g/mol. The minimum absolute atomic E-state index is 0.156. The lowest BCUT2D eigenvalue weighted by molar-refractivity contribution is 0.117. The van der Waals surface area contributed by atoms with Gasteiger partial charge in [0.15, 0.2) is 0 Å². The van der Waals surface area contributed by atoms with Gasteiger partial charge in [0.25, 0.3) is 0 Å². The highest BCUT2D eigenvalue weighted by Gasteiger charge is 2.01. The zero-order valence-corrected chi connectivity index (χ0v) is 9.09. The zero-order chi connectivity index (χ0) is 11.3. The molecule has 0 spiro atoms. The second kappa shape index (κ2) is 5.68. The van der Waals surface area contributed by atoms with Crippen molar-refractivity contribution in [2.24, 2.45) is 0 Å². The smallest absolute Gasteiger partial charge is 0.146 e. The Morgan fingerprint density at radius 1 is 1.53 bits per heavy atom. The third-order valence-electron chi connectivity index (χ3n) is 2.23. The summed E-state index contributed by atoms with van der Waals surface area (Å²) in [6, 6.07) is 4.83. The van der Waals surface area contributed by atoms with Crippen molar-refractivity contribution in [1.82, 2.24) is 5.32 Å². The number of anilines is 1. The minimum Gasteiger partial charge on any atom is -0.396 e. The van der Waals surface area contributed by atoms with E-state index in [1.165, 1.54) is 6.07 Å². The summed E-state index contributed by atoms with van der Waals surface area (Å²) in [5.74, 6) is -0.367. The predicted octanol–water partition coefficient (Wildman–Crippen LogP) is 1.53. The van der Waals surface area contributed by atoms with Gasteiger partial charge >= 0.3 is 0 Å². The minimum atomic E-state index is -0.367. The highest BCUT2D eigenvalue weighted by atomic mass is 19.1. The van der Waals surface area contributed by atoms with Gasteiger partial charge in [0, 0.05) is 20.2 Å². The van der Waals surface area contributed by atoms with Crippen molar-refractivity contribution in [2.75, 3.05) is 19.4 Å². The van der Waals surface area contributed by atoms with Gasteiger partial charge < -0.3 is 15.8 Å². The molecule has 0 fully saturated rings. The Hall–Kier alpha value is -1.13. The maximum atomic E-state index is 13.1. The van der Waals surface area contributed by atoms with Crippen LogP contribution in [0.4, 0.5) is 10.1 Å². The fraction of sp³-hybridized carbons (Fsp3) is 0.455. The molecule has 3 N–H and O–H groups in total. The monoisotopic (exact) mass is 212 g/mol. The number of nitrogens with one attached hydrogen (secondary N) is 1. The topological polar surface area (TPSA) is 47.3 Å². The van der Waals surface area contributed by atoms with E-state index in [9.17, 15) is 4.39 Å². The lowest BCUT2D eigenvalue weighted by Gasteiger charge is -2.10. The van der Waals surface area contributed by atoms with Gasteiger partial charge in [-0.2, -0.15) is 0 Å². The molecule has 3 nitrogen and oxygen atoms in total. The van der Waals surface area contributed by atoms with Gasteiger partial charge in [-0.15, -0.1) is 0 Å². The molecule has 1 aromatic carbocycles. The molecule has 84 valence electrons. The lowest BCUT2D eigenvalue weighted by atomic mass is 10.2. The van der Waals surface area contributed by atoms with Crippen LogP contribution < -0.4 is 11.1 Å². The first-order chi connectivity index (χ1) is 7.13. The third-order valence-corrected chi connectivity index (χ3v) is 2.23. The molecule has 0 heterocycles. The van der Waals surface area contributed by atoms with E-state index in [1.807, 2.05) is 13.0 Å². The molecular formula is C11H17FN2O. The normalized spacial score (nSPS) is 12.7. The van der Waals surface area contributed by atoms with E-state index in [0.29, 0.717) is 6.54 Å². The second-order valence-corrected chi connectivity index (χ2v) is 3.53. The predicted molar refractivity (Wildman–Crippen MR) is 59.0 cm³/mol. The molecule has 0 aromatic heterocycles. The first-order valence-electron chi connectivity index (χ1n) is 4.91. The summed E-state index contributed by atoms with van der Waals surface area (Å²) in [4.78, 5) is 0. The van der Waals surface area contributed by atoms with E-state index in [-0.39, 0.29) is 17.6 Å². The first-order valence-corrected chi connectivity index (χ1v) is 4.91. The van der Waals surface area contributed by atoms with Gasteiger partial charge in [0.1, 0.15) is 5.82 Å². The van der Waals surface area contributed by atoms with E-state index in [1.54, 1.807) is 13.2 Å². The van der Waals surface area contributed by atoms with Crippen LogP contribution in [-0.4, -0.2) is 19.8 Å². The van der Waals surface area contributed by atoms with Gasteiger partial charge in [-0.3, -0.25) is 0 Å². The van der Waals surface area contributed by atoms with Crippen LogP contribution in [0.5, 0.6) is 0 Å². The molecule has 0 amide bonds. The van der Waals surface area contributed by atoms with Crippen molar-refractivity contribution >= 4 is 5.69 Å². The number of benzene rings is 1. The molecule has 0 saturated carbocycles. The van der Waals surface area contributed by atoms with Crippen LogP contribution in [0.25, 0.3) is 0 Å². The largest absolute Gasteiger partial charge is 0.396 e. The van der Waals surface area contributed by atoms with Crippen molar-refractivity contribution in [3.63, 3.8) is 0 Å². The number of hydrogen-bond acceptors (Lipinski definition) is 3. The summed E-state index contributed by atoms with van der Waals surface area (Å²) in [5, 5.41) is 3.17. The summed E-state index contributed by atoms with van der Waals surface area (Å²) in [6.45, 7) is 3.32. The van der Waals surface area contributed by atoms with Gasteiger partial charge in [-0.05, 0) is 24.6 Å². The van der Waals surface area contributed by atoms with E-state index < -0.39 is 0 Å². The number of nitrogen functional groups attached to an aromatic ring is 1. The fourth-order valence-electron chi connectivity index (χ4n) is 1.18. The van der Waals surface area contributed by atoms with Crippen LogP contribution >= 0.6 is 0 Å². The van der Waals surface area contributed by atoms with Gasteiger partial charge in [0.05, 0.1) is 11.8 Å². The molecule has 1 unspecified atom stereocenters. The number of rotatable bonds is 5. The maximum absolute atomic E-state index is 13.1. The Morgan fingerprint density at radius 3 is 2.87 bits per heavy atom. The highest BCUT2D eigenvalue weighted by Crippen LogP contribution is 2.11.